The third-order valence-corrected chi connectivity index (χ3v) is 6.71. The van der Waals surface area contributed by atoms with Crippen molar-refractivity contribution in [2.24, 2.45) is 12.0 Å². The van der Waals surface area contributed by atoms with Gasteiger partial charge in [-0.3, -0.25) is 18.8 Å². The number of carbonyl (C=O) groups excluding carboxylic acids is 1. The number of hydrogen-bond donors (Lipinski definition) is 1. The summed E-state index contributed by atoms with van der Waals surface area (Å²) in [4.78, 5) is 30.8. The average molecular weight is 483 g/mol. The van der Waals surface area contributed by atoms with Crippen LogP contribution in [0.4, 0.5) is 5.69 Å². The molecule has 5 rings (SSSR count). The molecule has 0 aliphatic carbocycles. The SMILES string of the molecule is Cc1c(-n2c(-c3ccc(O)c(C=O)c3)csc2=Nc2ccccc2)c(=O)n(-c2ccccc2)n1C. The first kappa shape index (κ1) is 22.4. The summed E-state index contributed by atoms with van der Waals surface area (Å²) in [5.41, 5.74) is 4.08. The van der Waals surface area contributed by atoms with Gasteiger partial charge in [-0.2, -0.15) is 0 Å². The summed E-state index contributed by atoms with van der Waals surface area (Å²) in [5, 5.41) is 11.9. The number of rotatable bonds is 5. The highest BCUT2D eigenvalue weighted by Gasteiger charge is 2.22. The van der Waals surface area contributed by atoms with E-state index in [9.17, 15) is 14.7 Å². The molecule has 2 aromatic heterocycles. The van der Waals surface area contributed by atoms with Crippen LogP contribution in [0.25, 0.3) is 22.6 Å². The Bertz CT molecular complexity index is 1660. The Morgan fingerprint density at radius 2 is 1.66 bits per heavy atom. The van der Waals surface area contributed by atoms with Gasteiger partial charge >= 0.3 is 0 Å². The van der Waals surface area contributed by atoms with E-state index in [4.69, 9.17) is 4.99 Å². The van der Waals surface area contributed by atoms with Gasteiger partial charge in [-0.05, 0) is 49.4 Å². The fraction of sp³-hybridized carbons (Fsp3) is 0.0741. The number of phenolic OH excluding ortho intramolecular Hbond substituents is 1. The zero-order chi connectivity index (χ0) is 24.5. The third kappa shape index (κ3) is 3.94. The Balaban J connectivity index is 1.84. The minimum absolute atomic E-state index is 0.0953. The summed E-state index contributed by atoms with van der Waals surface area (Å²) < 4.78 is 5.27. The molecule has 0 amide bonds. The second-order valence-electron chi connectivity index (χ2n) is 7.99. The highest BCUT2D eigenvalue weighted by molar-refractivity contribution is 7.07. The van der Waals surface area contributed by atoms with E-state index in [1.165, 1.54) is 17.4 Å². The molecule has 0 spiro atoms. The van der Waals surface area contributed by atoms with Gasteiger partial charge in [-0.1, -0.05) is 36.4 Å². The number of benzene rings is 3. The van der Waals surface area contributed by atoms with Crippen LogP contribution in [-0.2, 0) is 7.05 Å². The van der Waals surface area contributed by atoms with Crippen molar-refractivity contribution in [2.75, 3.05) is 0 Å². The van der Waals surface area contributed by atoms with Gasteiger partial charge in [0.2, 0.25) is 0 Å². The number of thiazole rings is 1. The summed E-state index contributed by atoms with van der Waals surface area (Å²) in [7, 11) is 1.85. The van der Waals surface area contributed by atoms with Crippen LogP contribution in [0.2, 0.25) is 0 Å². The topological polar surface area (TPSA) is 81.5 Å². The lowest BCUT2D eigenvalue weighted by Gasteiger charge is -2.09. The van der Waals surface area contributed by atoms with Gasteiger partial charge < -0.3 is 5.11 Å². The molecule has 0 saturated heterocycles. The van der Waals surface area contributed by atoms with Gasteiger partial charge in [0.15, 0.2) is 11.1 Å². The summed E-state index contributed by atoms with van der Waals surface area (Å²) >= 11 is 1.39. The molecule has 5 aromatic rings. The molecule has 1 N–H and O–H groups in total. The number of phenols is 1. The number of hydrogen-bond acceptors (Lipinski definition) is 5. The highest BCUT2D eigenvalue weighted by atomic mass is 32.1. The Labute approximate surface area is 205 Å². The molecule has 3 aromatic carbocycles. The van der Waals surface area contributed by atoms with Crippen molar-refractivity contribution in [1.82, 2.24) is 13.9 Å². The summed E-state index contributed by atoms with van der Waals surface area (Å²) in [5.74, 6) is -0.0953. The van der Waals surface area contributed by atoms with E-state index < -0.39 is 0 Å². The van der Waals surface area contributed by atoms with Crippen LogP contribution in [0.5, 0.6) is 5.75 Å². The molecule has 7 nitrogen and oxygen atoms in total. The van der Waals surface area contributed by atoms with Crippen molar-refractivity contribution < 1.29 is 9.90 Å². The first-order valence-corrected chi connectivity index (χ1v) is 11.8. The van der Waals surface area contributed by atoms with Gasteiger partial charge in [0.25, 0.3) is 5.56 Å². The maximum atomic E-state index is 13.9. The van der Waals surface area contributed by atoms with Crippen LogP contribution >= 0.6 is 11.3 Å². The van der Waals surface area contributed by atoms with Crippen LogP contribution in [0.15, 0.2) is 94.0 Å². The van der Waals surface area contributed by atoms with Gasteiger partial charge in [-0.15, -0.1) is 11.3 Å². The molecular formula is C27H22N4O3S. The van der Waals surface area contributed by atoms with Crippen molar-refractivity contribution in [3.05, 3.63) is 111 Å². The van der Waals surface area contributed by atoms with Gasteiger partial charge in [-0.25, -0.2) is 9.67 Å². The summed E-state index contributed by atoms with van der Waals surface area (Å²) in [6.07, 6.45) is 0.612. The average Bonchev–Trinajstić information content (AvgIpc) is 3.37. The van der Waals surface area contributed by atoms with Crippen molar-refractivity contribution in [3.8, 4) is 28.4 Å². The number of carbonyl (C=O) groups is 1. The molecule has 0 bridgehead atoms. The molecule has 0 fully saturated rings. The number of nitrogens with zero attached hydrogens (tertiary/aromatic N) is 4. The molecule has 2 heterocycles. The molecular weight excluding hydrogens is 460 g/mol. The van der Waals surface area contributed by atoms with Gasteiger partial charge in [0, 0.05) is 18.0 Å². The number of aldehydes is 1. The van der Waals surface area contributed by atoms with Gasteiger partial charge in [0.1, 0.15) is 11.4 Å². The van der Waals surface area contributed by atoms with E-state index in [1.807, 2.05) is 89.3 Å². The predicted octanol–water partition coefficient (Wildman–Crippen LogP) is 4.75. The van der Waals surface area contributed by atoms with Crippen LogP contribution in [0, 0.1) is 6.92 Å². The first-order chi connectivity index (χ1) is 17.0. The van der Waals surface area contributed by atoms with Crippen LogP contribution in [0.3, 0.4) is 0 Å². The normalized spacial score (nSPS) is 11.7. The minimum atomic E-state index is -0.195. The largest absolute Gasteiger partial charge is 0.507 e. The van der Waals surface area contributed by atoms with Crippen molar-refractivity contribution in [2.45, 2.75) is 6.92 Å². The Kier molecular flexibility index (Phi) is 5.80. The van der Waals surface area contributed by atoms with E-state index in [-0.39, 0.29) is 16.9 Å². The monoisotopic (exact) mass is 482 g/mol. The zero-order valence-corrected chi connectivity index (χ0v) is 19.9. The van der Waals surface area contributed by atoms with Crippen molar-refractivity contribution in [1.29, 1.82) is 0 Å². The number of aromatic nitrogens is 3. The van der Waals surface area contributed by atoms with Crippen LogP contribution < -0.4 is 10.4 Å². The molecule has 8 heteroatoms. The Morgan fingerprint density at radius 1 is 0.971 bits per heavy atom. The smallest absolute Gasteiger partial charge is 0.296 e. The van der Waals surface area contributed by atoms with E-state index in [0.717, 1.165) is 17.1 Å². The summed E-state index contributed by atoms with van der Waals surface area (Å²) in [6, 6.07) is 23.8. The molecule has 0 radical (unpaired) electrons. The molecule has 0 saturated carbocycles. The van der Waals surface area contributed by atoms with E-state index in [0.29, 0.717) is 28.0 Å². The fourth-order valence-corrected chi connectivity index (χ4v) is 4.95. The lowest BCUT2D eigenvalue weighted by atomic mass is 10.1. The summed E-state index contributed by atoms with van der Waals surface area (Å²) in [6.45, 7) is 1.89. The maximum Gasteiger partial charge on any atom is 0.296 e. The van der Waals surface area contributed by atoms with Crippen molar-refractivity contribution >= 4 is 23.3 Å². The second kappa shape index (κ2) is 9.08. The first-order valence-electron chi connectivity index (χ1n) is 10.9. The zero-order valence-electron chi connectivity index (χ0n) is 19.1. The number of para-hydroxylation sites is 2. The van der Waals surface area contributed by atoms with E-state index in [2.05, 4.69) is 0 Å². The molecule has 35 heavy (non-hydrogen) atoms. The lowest BCUT2D eigenvalue weighted by molar-refractivity contribution is 0.112. The Morgan fingerprint density at radius 3 is 2.34 bits per heavy atom. The maximum absolute atomic E-state index is 13.9. The Hall–Kier alpha value is -4.43. The van der Waals surface area contributed by atoms with Gasteiger partial charge in [0.05, 0.1) is 28.3 Å². The molecule has 0 atom stereocenters. The molecule has 174 valence electrons. The standard InChI is InChI=1S/C27H22N4O3S/c1-18-25(26(34)31(29(18)2)22-11-7-4-8-12-22)30-23(19-13-14-24(33)20(15-19)16-32)17-35-27(30)28-21-9-5-3-6-10-21/h3-17,33H,1-2H3. The molecule has 0 unspecified atom stereocenters. The van der Waals surface area contributed by atoms with Crippen LogP contribution in [-0.4, -0.2) is 25.3 Å². The minimum Gasteiger partial charge on any atom is -0.507 e. The van der Waals surface area contributed by atoms with E-state index >= 15 is 0 Å². The third-order valence-electron chi connectivity index (χ3n) is 5.89. The highest BCUT2D eigenvalue weighted by Crippen LogP contribution is 2.28. The fourth-order valence-electron chi connectivity index (χ4n) is 4.04. The number of aromatic hydroxyl groups is 1. The predicted molar refractivity (Wildman–Crippen MR) is 137 cm³/mol. The quantitative estimate of drug-likeness (QED) is 0.367. The lowest BCUT2D eigenvalue weighted by Crippen LogP contribution is -2.24. The van der Waals surface area contributed by atoms with E-state index in [1.54, 1.807) is 16.8 Å². The molecule has 0 aliphatic rings. The van der Waals surface area contributed by atoms with Crippen molar-refractivity contribution in [3.63, 3.8) is 0 Å². The molecule has 0 aliphatic heterocycles. The second-order valence-corrected chi connectivity index (χ2v) is 8.82. The van der Waals surface area contributed by atoms with Crippen LogP contribution in [0.1, 0.15) is 16.1 Å².